The highest BCUT2D eigenvalue weighted by Gasteiger charge is 2.38. The number of nitrogens with one attached hydrogen (secondary N) is 2. The van der Waals surface area contributed by atoms with E-state index in [1.54, 1.807) is 68.3 Å². The van der Waals surface area contributed by atoms with E-state index < -0.39 is 23.8 Å². The zero-order chi connectivity index (χ0) is 24.3. The van der Waals surface area contributed by atoms with Gasteiger partial charge in [-0.05, 0) is 63.4 Å². The number of nitrogens with zero attached hydrogens (tertiary/aromatic N) is 1. The number of hydrogen-bond acceptors (Lipinski definition) is 5. The fourth-order valence-electron chi connectivity index (χ4n) is 4.10. The van der Waals surface area contributed by atoms with Crippen LogP contribution in [0.5, 0.6) is 0 Å². The first kappa shape index (κ1) is 23.4. The number of alkyl carbamates (subject to hydrolysis) is 1. The highest BCUT2D eigenvalue weighted by atomic mass is 16.6. The second-order valence-corrected chi connectivity index (χ2v) is 9.34. The van der Waals surface area contributed by atoms with Crippen molar-refractivity contribution in [3.63, 3.8) is 0 Å². The lowest BCUT2D eigenvalue weighted by molar-refractivity contribution is -0.138. The second-order valence-electron chi connectivity index (χ2n) is 9.34. The van der Waals surface area contributed by atoms with Crippen molar-refractivity contribution in [1.29, 1.82) is 0 Å². The zero-order valence-corrected chi connectivity index (χ0v) is 19.5. The Morgan fingerprint density at radius 1 is 1.09 bits per heavy atom. The lowest BCUT2D eigenvalue weighted by Gasteiger charge is -2.29. The van der Waals surface area contributed by atoms with Crippen LogP contribution in [0.15, 0.2) is 65.3 Å². The van der Waals surface area contributed by atoms with Gasteiger partial charge in [-0.3, -0.25) is 9.59 Å². The molecule has 2 aromatic carbocycles. The van der Waals surface area contributed by atoms with Crippen LogP contribution in [0.25, 0.3) is 11.0 Å². The standard InChI is InChI=1S/C26H29N3O5/c1-26(2,3)34-25(32)28-22(17-8-5-4-6-9-17)24(31)29-14-7-10-20(29)23(30)27-19-11-12-21-18(16-19)13-15-33-21/h4-6,8-9,11-13,15-16,20,22H,7,10,14H2,1-3H3,(H,27,30)(H,28,32)/t20-,22-/m0/s1. The van der Waals surface area contributed by atoms with Crippen molar-refractivity contribution in [2.45, 2.75) is 51.3 Å². The quantitative estimate of drug-likeness (QED) is 0.575. The smallest absolute Gasteiger partial charge is 0.408 e. The summed E-state index contributed by atoms with van der Waals surface area (Å²) in [7, 11) is 0. The summed E-state index contributed by atoms with van der Waals surface area (Å²) >= 11 is 0. The van der Waals surface area contributed by atoms with E-state index in [4.69, 9.17) is 9.15 Å². The molecule has 1 aliphatic rings. The molecular formula is C26H29N3O5. The molecule has 178 valence electrons. The van der Waals surface area contributed by atoms with Gasteiger partial charge in [0.1, 0.15) is 23.3 Å². The van der Waals surface area contributed by atoms with Crippen molar-refractivity contribution < 1.29 is 23.5 Å². The van der Waals surface area contributed by atoms with Crippen molar-refractivity contribution in [2.75, 3.05) is 11.9 Å². The molecule has 4 rings (SSSR count). The van der Waals surface area contributed by atoms with Crippen LogP contribution in [-0.4, -0.2) is 41.0 Å². The zero-order valence-electron chi connectivity index (χ0n) is 19.5. The Labute approximate surface area is 198 Å². The number of benzene rings is 2. The molecule has 2 atom stereocenters. The van der Waals surface area contributed by atoms with Crippen molar-refractivity contribution in [1.82, 2.24) is 10.2 Å². The minimum absolute atomic E-state index is 0.266. The molecule has 3 amide bonds. The normalized spacial score (nSPS) is 16.8. The summed E-state index contributed by atoms with van der Waals surface area (Å²) in [5.74, 6) is -0.613. The van der Waals surface area contributed by atoms with E-state index in [0.717, 1.165) is 11.0 Å². The van der Waals surface area contributed by atoms with Crippen LogP contribution in [-0.2, 0) is 14.3 Å². The number of furan rings is 1. The predicted octanol–water partition coefficient (Wildman–Crippen LogP) is 4.63. The summed E-state index contributed by atoms with van der Waals surface area (Å²) in [6.45, 7) is 5.70. The van der Waals surface area contributed by atoms with Gasteiger partial charge < -0.3 is 24.7 Å². The molecule has 0 unspecified atom stereocenters. The van der Waals surface area contributed by atoms with E-state index in [9.17, 15) is 14.4 Å². The molecule has 34 heavy (non-hydrogen) atoms. The Balaban J connectivity index is 1.52. The van der Waals surface area contributed by atoms with Gasteiger partial charge in [0, 0.05) is 17.6 Å². The molecule has 2 N–H and O–H groups in total. The Bertz CT molecular complexity index is 1180. The van der Waals surface area contributed by atoms with Gasteiger partial charge in [-0.1, -0.05) is 30.3 Å². The van der Waals surface area contributed by atoms with E-state index >= 15 is 0 Å². The summed E-state index contributed by atoms with van der Waals surface area (Å²) < 4.78 is 10.7. The highest BCUT2D eigenvalue weighted by molar-refractivity contribution is 6.00. The number of anilines is 1. The largest absolute Gasteiger partial charge is 0.464 e. The van der Waals surface area contributed by atoms with Crippen molar-refractivity contribution in [2.24, 2.45) is 0 Å². The van der Waals surface area contributed by atoms with E-state index in [0.29, 0.717) is 30.6 Å². The van der Waals surface area contributed by atoms with Crippen molar-refractivity contribution in [3.05, 3.63) is 66.4 Å². The third-order valence-electron chi connectivity index (χ3n) is 5.60. The van der Waals surface area contributed by atoms with Crippen molar-refractivity contribution >= 4 is 34.6 Å². The molecular weight excluding hydrogens is 434 g/mol. The molecule has 0 radical (unpaired) electrons. The van der Waals surface area contributed by atoms with Gasteiger partial charge in [0.05, 0.1) is 6.26 Å². The number of fused-ring (bicyclic) bond motifs is 1. The van der Waals surface area contributed by atoms with E-state index in [1.807, 2.05) is 18.2 Å². The molecule has 8 heteroatoms. The van der Waals surface area contributed by atoms with E-state index in [1.165, 1.54) is 0 Å². The van der Waals surface area contributed by atoms with Crippen LogP contribution in [0.3, 0.4) is 0 Å². The minimum Gasteiger partial charge on any atom is -0.464 e. The lowest BCUT2D eigenvalue weighted by Crippen LogP contribution is -2.49. The number of carbonyl (C=O) groups excluding carboxylic acids is 3. The maximum Gasteiger partial charge on any atom is 0.408 e. The monoisotopic (exact) mass is 463 g/mol. The third kappa shape index (κ3) is 5.39. The fourth-order valence-corrected chi connectivity index (χ4v) is 4.10. The fraction of sp³-hybridized carbons (Fsp3) is 0.346. The van der Waals surface area contributed by atoms with Gasteiger partial charge in [0.2, 0.25) is 5.91 Å². The molecule has 1 aliphatic heterocycles. The number of carbonyl (C=O) groups is 3. The van der Waals surface area contributed by atoms with E-state index in [-0.39, 0.29) is 11.8 Å². The van der Waals surface area contributed by atoms with E-state index in [2.05, 4.69) is 10.6 Å². The summed E-state index contributed by atoms with van der Waals surface area (Å²) in [6.07, 6.45) is 2.14. The minimum atomic E-state index is -0.966. The summed E-state index contributed by atoms with van der Waals surface area (Å²) in [6, 6.07) is 14.6. The Morgan fingerprint density at radius 3 is 2.59 bits per heavy atom. The molecule has 0 saturated carbocycles. The van der Waals surface area contributed by atoms with Crippen LogP contribution < -0.4 is 10.6 Å². The van der Waals surface area contributed by atoms with Gasteiger partial charge in [-0.15, -0.1) is 0 Å². The molecule has 0 aliphatic carbocycles. The average molecular weight is 464 g/mol. The Morgan fingerprint density at radius 2 is 1.85 bits per heavy atom. The first-order valence-corrected chi connectivity index (χ1v) is 11.3. The van der Waals surface area contributed by atoms with Gasteiger partial charge in [-0.25, -0.2) is 4.79 Å². The molecule has 3 aromatic rings. The topological polar surface area (TPSA) is 101 Å². The summed E-state index contributed by atoms with van der Waals surface area (Å²) in [4.78, 5) is 40.8. The molecule has 1 fully saturated rings. The maximum atomic E-state index is 13.6. The summed E-state index contributed by atoms with van der Waals surface area (Å²) in [5.41, 5.74) is 1.27. The number of amides is 3. The van der Waals surface area contributed by atoms with Crippen LogP contribution in [0.1, 0.15) is 45.2 Å². The molecule has 8 nitrogen and oxygen atoms in total. The molecule has 1 saturated heterocycles. The van der Waals surface area contributed by atoms with Crippen LogP contribution >= 0.6 is 0 Å². The molecule has 2 heterocycles. The maximum absolute atomic E-state index is 13.6. The Hall–Kier alpha value is -3.81. The number of ether oxygens (including phenoxy) is 1. The highest BCUT2D eigenvalue weighted by Crippen LogP contribution is 2.26. The Kier molecular flexibility index (Phi) is 6.58. The van der Waals surface area contributed by atoms with Gasteiger partial charge in [0.25, 0.3) is 5.91 Å². The lowest BCUT2D eigenvalue weighted by atomic mass is 10.0. The van der Waals surface area contributed by atoms with Gasteiger partial charge in [-0.2, -0.15) is 0 Å². The number of hydrogen-bond donors (Lipinski definition) is 2. The molecule has 0 spiro atoms. The summed E-state index contributed by atoms with van der Waals surface area (Å²) in [5, 5.41) is 6.49. The van der Waals surface area contributed by atoms with Crippen LogP contribution in [0.2, 0.25) is 0 Å². The third-order valence-corrected chi connectivity index (χ3v) is 5.60. The van der Waals surface area contributed by atoms with Crippen LogP contribution in [0.4, 0.5) is 10.5 Å². The number of likely N-dealkylation sites (tertiary alicyclic amines) is 1. The first-order chi connectivity index (χ1) is 16.2. The van der Waals surface area contributed by atoms with Gasteiger partial charge in [0.15, 0.2) is 0 Å². The van der Waals surface area contributed by atoms with Gasteiger partial charge >= 0.3 is 6.09 Å². The molecule has 1 aromatic heterocycles. The molecule has 0 bridgehead atoms. The number of rotatable bonds is 5. The second kappa shape index (κ2) is 9.59. The SMILES string of the molecule is CC(C)(C)OC(=O)N[C@H](C(=O)N1CCC[C@H]1C(=O)Nc1ccc2occc2c1)c1ccccc1. The van der Waals surface area contributed by atoms with Crippen LogP contribution in [0, 0.1) is 0 Å². The van der Waals surface area contributed by atoms with Crippen molar-refractivity contribution in [3.8, 4) is 0 Å². The average Bonchev–Trinajstić information content (AvgIpc) is 3.45. The predicted molar refractivity (Wildman–Crippen MR) is 128 cm³/mol. The first-order valence-electron chi connectivity index (χ1n) is 11.3.